The minimum absolute atomic E-state index is 0.876. The van der Waals surface area contributed by atoms with Crippen molar-refractivity contribution in [3.63, 3.8) is 0 Å². The van der Waals surface area contributed by atoms with E-state index in [-0.39, 0.29) is 0 Å². The second kappa shape index (κ2) is 5.16. The first-order chi connectivity index (χ1) is 6.32. The fraction of sp³-hybridized carbons (Fsp3) is 0.857. The number of nitrogens with one attached hydrogen (secondary N) is 1. The maximum atomic E-state index is 11.8. The molecule has 0 aromatic heterocycles. The van der Waals surface area contributed by atoms with Crippen molar-refractivity contribution in [1.82, 2.24) is 5.32 Å². The molecule has 0 radical (unpaired) electrons. The molecule has 0 saturated carbocycles. The van der Waals surface area contributed by atoms with Crippen molar-refractivity contribution in [3.05, 3.63) is 0 Å². The summed E-state index contributed by atoms with van der Waals surface area (Å²) in [6.07, 6.45) is -5.79. The number of hydrogen-bond acceptors (Lipinski definition) is 3. The minimum Gasteiger partial charge on any atom is -0.354 e. The van der Waals surface area contributed by atoms with E-state index in [1.54, 1.807) is 5.32 Å². The van der Waals surface area contributed by atoms with Gasteiger partial charge >= 0.3 is 12.1 Å². The number of methoxy groups -OCH3 is 2. The van der Waals surface area contributed by atoms with Gasteiger partial charge in [0.25, 0.3) is 0 Å². The highest BCUT2D eigenvalue weighted by atomic mass is 19.4. The highest BCUT2D eigenvalue weighted by Crippen LogP contribution is 2.15. The SMILES string of the molecule is COC(OC)C(C)NC(=O)C(F)(F)F. The van der Waals surface area contributed by atoms with Gasteiger partial charge in [0.05, 0.1) is 6.04 Å². The van der Waals surface area contributed by atoms with E-state index in [0.717, 1.165) is 0 Å². The van der Waals surface area contributed by atoms with E-state index >= 15 is 0 Å². The van der Waals surface area contributed by atoms with Crippen LogP contribution in [0.15, 0.2) is 0 Å². The fourth-order valence-corrected chi connectivity index (χ4v) is 0.861. The average molecular weight is 215 g/mol. The van der Waals surface area contributed by atoms with Gasteiger partial charge in [-0.1, -0.05) is 0 Å². The Hall–Kier alpha value is -0.820. The Morgan fingerprint density at radius 1 is 1.29 bits per heavy atom. The normalized spacial score (nSPS) is 14.2. The Morgan fingerprint density at radius 2 is 1.71 bits per heavy atom. The van der Waals surface area contributed by atoms with Crippen LogP contribution in [-0.4, -0.2) is 38.6 Å². The van der Waals surface area contributed by atoms with E-state index in [2.05, 4.69) is 9.47 Å². The van der Waals surface area contributed by atoms with Crippen LogP contribution < -0.4 is 5.32 Å². The quantitative estimate of drug-likeness (QED) is 0.701. The predicted octanol–water partition coefficient (Wildman–Crippen LogP) is 0.672. The molecular formula is C7H12F3NO3. The van der Waals surface area contributed by atoms with Gasteiger partial charge in [0.1, 0.15) is 0 Å². The van der Waals surface area contributed by atoms with Crippen molar-refractivity contribution in [2.24, 2.45) is 0 Å². The maximum absolute atomic E-state index is 11.8. The Morgan fingerprint density at radius 3 is 2.00 bits per heavy atom. The first-order valence-electron chi connectivity index (χ1n) is 3.76. The van der Waals surface area contributed by atoms with E-state index in [0.29, 0.717) is 0 Å². The number of ether oxygens (including phenoxy) is 2. The van der Waals surface area contributed by atoms with Gasteiger partial charge in [-0.3, -0.25) is 4.79 Å². The monoisotopic (exact) mass is 215 g/mol. The molecule has 0 aliphatic heterocycles. The van der Waals surface area contributed by atoms with E-state index < -0.39 is 24.4 Å². The van der Waals surface area contributed by atoms with Crippen molar-refractivity contribution >= 4 is 5.91 Å². The standard InChI is InChI=1S/C7H12F3NO3/c1-4(5(13-2)14-3)11-6(12)7(8,9)10/h4-5H,1-3H3,(H,11,12). The van der Waals surface area contributed by atoms with Crippen LogP contribution in [0.3, 0.4) is 0 Å². The van der Waals surface area contributed by atoms with E-state index in [1.165, 1.54) is 21.1 Å². The van der Waals surface area contributed by atoms with Crippen LogP contribution in [0.5, 0.6) is 0 Å². The van der Waals surface area contributed by atoms with Crippen LogP contribution in [0.4, 0.5) is 13.2 Å². The van der Waals surface area contributed by atoms with Crippen molar-refractivity contribution in [1.29, 1.82) is 0 Å². The molecule has 1 N–H and O–H groups in total. The highest BCUT2D eigenvalue weighted by Gasteiger charge is 2.40. The smallest absolute Gasteiger partial charge is 0.354 e. The first kappa shape index (κ1) is 13.2. The minimum atomic E-state index is -4.89. The Labute approximate surface area is 79.4 Å². The molecule has 0 rings (SSSR count). The van der Waals surface area contributed by atoms with Crippen LogP contribution in [0.1, 0.15) is 6.92 Å². The van der Waals surface area contributed by atoms with Gasteiger partial charge in [0, 0.05) is 14.2 Å². The summed E-state index contributed by atoms with van der Waals surface area (Å²) in [6, 6.07) is -0.876. The molecule has 0 heterocycles. The van der Waals surface area contributed by atoms with E-state index in [9.17, 15) is 18.0 Å². The van der Waals surface area contributed by atoms with Crippen molar-refractivity contribution in [3.8, 4) is 0 Å². The number of rotatable bonds is 4. The maximum Gasteiger partial charge on any atom is 0.471 e. The molecule has 14 heavy (non-hydrogen) atoms. The van der Waals surface area contributed by atoms with Crippen molar-refractivity contribution < 1.29 is 27.4 Å². The Bertz CT molecular complexity index is 191. The Kier molecular flexibility index (Phi) is 4.86. The lowest BCUT2D eigenvalue weighted by atomic mass is 10.3. The lowest BCUT2D eigenvalue weighted by Gasteiger charge is -2.22. The molecule has 0 bridgehead atoms. The van der Waals surface area contributed by atoms with Gasteiger partial charge in [-0.05, 0) is 6.92 Å². The zero-order chi connectivity index (χ0) is 11.4. The average Bonchev–Trinajstić information content (AvgIpc) is 2.04. The van der Waals surface area contributed by atoms with E-state index in [1.807, 2.05) is 0 Å². The highest BCUT2D eigenvalue weighted by molar-refractivity contribution is 5.81. The van der Waals surface area contributed by atoms with Gasteiger partial charge in [0.15, 0.2) is 6.29 Å². The van der Waals surface area contributed by atoms with Gasteiger partial charge < -0.3 is 14.8 Å². The molecule has 1 amide bonds. The van der Waals surface area contributed by atoms with Crippen LogP contribution >= 0.6 is 0 Å². The molecule has 0 saturated heterocycles. The first-order valence-corrected chi connectivity index (χ1v) is 3.76. The van der Waals surface area contributed by atoms with E-state index in [4.69, 9.17) is 0 Å². The fourth-order valence-electron chi connectivity index (χ4n) is 0.861. The summed E-state index contributed by atoms with van der Waals surface area (Å²) in [5.74, 6) is -2.01. The van der Waals surface area contributed by atoms with Crippen LogP contribution in [0.25, 0.3) is 0 Å². The second-order valence-corrected chi connectivity index (χ2v) is 2.60. The summed E-state index contributed by atoms with van der Waals surface area (Å²) in [4.78, 5) is 10.5. The molecule has 0 spiro atoms. The number of amides is 1. The molecule has 0 aromatic carbocycles. The number of halogens is 3. The third-order valence-corrected chi connectivity index (χ3v) is 1.49. The zero-order valence-electron chi connectivity index (χ0n) is 8.01. The third-order valence-electron chi connectivity index (χ3n) is 1.49. The number of hydrogen-bond donors (Lipinski definition) is 1. The molecule has 1 unspecified atom stereocenters. The van der Waals surface area contributed by atoms with Crippen molar-refractivity contribution in [2.75, 3.05) is 14.2 Å². The second-order valence-electron chi connectivity index (χ2n) is 2.60. The van der Waals surface area contributed by atoms with Gasteiger partial charge in [0.2, 0.25) is 0 Å². The molecule has 4 nitrogen and oxygen atoms in total. The molecule has 1 atom stereocenters. The molecule has 84 valence electrons. The molecule has 0 fully saturated rings. The summed E-state index contributed by atoms with van der Waals surface area (Å²) in [5.41, 5.74) is 0. The predicted molar refractivity (Wildman–Crippen MR) is 41.5 cm³/mol. The summed E-state index contributed by atoms with van der Waals surface area (Å²) < 4.78 is 44.7. The summed E-state index contributed by atoms with van der Waals surface area (Å²) in [5, 5.41) is 1.71. The topological polar surface area (TPSA) is 47.6 Å². The number of carbonyl (C=O) groups excluding carboxylic acids is 1. The van der Waals surface area contributed by atoms with Crippen LogP contribution in [0, 0.1) is 0 Å². The summed E-state index contributed by atoms with van der Waals surface area (Å²) in [7, 11) is 2.54. The van der Waals surface area contributed by atoms with Crippen LogP contribution in [0.2, 0.25) is 0 Å². The lowest BCUT2D eigenvalue weighted by molar-refractivity contribution is -0.179. The third kappa shape index (κ3) is 3.93. The largest absolute Gasteiger partial charge is 0.471 e. The molecule has 0 aliphatic carbocycles. The summed E-state index contributed by atoms with van der Waals surface area (Å²) in [6.45, 7) is 1.35. The number of alkyl halides is 3. The van der Waals surface area contributed by atoms with Gasteiger partial charge in [-0.2, -0.15) is 13.2 Å². The molecular weight excluding hydrogens is 203 g/mol. The van der Waals surface area contributed by atoms with Gasteiger partial charge in [-0.25, -0.2) is 0 Å². The van der Waals surface area contributed by atoms with Crippen LogP contribution in [-0.2, 0) is 14.3 Å². The molecule has 7 heteroatoms. The van der Waals surface area contributed by atoms with Gasteiger partial charge in [-0.15, -0.1) is 0 Å². The number of carbonyl (C=O) groups is 1. The molecule has 0 aliphatic rings. The zero-order valence-corrected chi connectivity index (χ0v) is 8.01. The Balaban J connectivity index is 4.18. The summed E-state index contributed by atoms with van der Waals surface area (Å²) >= 11 is 0. The lowest BCUT2D eigenvalue weighted by Crippen LogP contribution is -2.48. The molecule has 0 aromatic rings. The van der Waals surface area contributed by atoms with Crippen molar-refractivity contribution in [2.45, 2.75) is 25.4 Å².